The first-order valence-corrected chi connectivity index (χ1v) is 11.9. The number of sulfone groups is 1. The molecule has 1 atom stereocenters. The van der Waals surface area contributed by atoms with Gasteiger partial charge in [-0.3, -0.25) is 4.79 Å². The number of benzene rings is 3. The first-order chi connectivity index (χ1) is 15.0. The van der Waals surface area contributed by atoms with Crippen LogP contribution in [-0.4, -0.2) is 38.5 Å². The van der Waals surface area contributed by atoms with Crippen LogP contribution in [0.4, 0.5) is 5.69 Å². The maximum atomic E-state index is 13.1. The Balaban J connectivity index is 1.46. The summed E-state index contributed by atoms with van der Waals surface area (Å²) in [6, 6.07) is 25.2. The Morgan fingerprint density at radius 3 is 2.19 bits per heavy atom. The molecule has 0 aliphatic carbocycles. The quantitative estimate of drug-likeness (QED) is 0.557. The fraction of sp³-hybridized carbons (Fsp3) is 0.208. The summed E-state index contributed by atoms with van der Waals surface area (Å²) in [5.74, 6) is 1.56. The van der Waals surface area contributed by atoms with Crippen molar-refractivity contribution < 1.29 is 22.7 Å². The highest BCUT2D eigenvalue weighted by Gasteiger charge is 2.35. The van der Waals surface area contributed by atoms with E-state index in [1.807, 2.05) is 48.5 Å². The van der Waals surface area contributed by atoms with Crippen LogP contribution in [0, 0.1) is 0 Å². The van der Waals surface area contributed by atoms with E-state index in [9.17, 15) is 13.2 Å². The molecule has 1 aliphatic rings. The average Bonchev–Trinajstić information content (AvgIpc) is 3.13. The molecule has 1 amide bonds. The minimum Gasteiger partial charge on any atom is -0.484 e. The predicted octanol–water partition coefficient (Wildman–Crippen LogP) is 4.08. The van der Waals surface area contributed by atoms with Gasteiger partial charge in [0.25, 0.3) is 5.91 Å². The number of carbonyl (C=O) groups excluding carboxylic acids is 1. The van der Waals surface area contributed by atoms with Gasteiger partial charge in [-0.05, 0) is 42.8 Å². The summed E-state index contributed by atoms with van der Waals surface area (Å²) in [7, 11) is -3.14. The van der Waals surface area contributed by atoms with Crippen molar-refractivity contribution in [2.75, 3.05) is 23.0 Å². The van der Waals surface area contributed by atoms with Crippen molar-refractivity contribution >= 4 is 21.4 Å². The third kappa shape index (κ3) is 5.44. The number of nitrogens with zero attached hydrogens (tertiary/aromatic N) is 1. The normalized spacial score (nSPS) is 17.1. The molecule has 1 unspecified atom stereocenters. The van der Waals surface area contributed by atoms with Crippen LogP contribution >= 0.6 is 0 Å². The summed E-state index contributed by atoms with van der Waals surface area (Å²) in [4.78, 5) is 14.6. The molecule has 3 aromatic carbocycles. The molecule has 4 rings (SSSR count). The van der Waals surface area contributed by atoms with E-state index in [-0.39, 0.29) is 24.0 Å². The summed E-state index contributed by atoms with van der Waals surface area (Å²) in [5, 5.41) is 0. The van der Waals surface area contributed by atoms with Crippen molar-refractivity contribution in [3.63, 3.8) is 0 Å². The molecule has 3 aromatic rings. The number of rotatable bonds is 7. The Kier molecular flexibility index (Phi) is 6.23. The summed E-state index contributed by atoms with van der Waals surface area (Å²) in [6.07, 6.45) is 0.420. The Bertz CT molecular complexity index is 1130. The summed E-state index contributed by atoms with van der Waals surface area (Å²) in [5.41, 5.74) is 0.666. The van der Waals surface area contributed by atoms with Crippen molar-refractivity contribution in [3.8, 4) is 17.2 Å². The minimum absolute atomic E-state index is 0.0337. The zero-order valence-corrected chi connectivity index (χ0v) is 17.7. The SMILES string of the molecule is O=C(COc1cccc(Oc2ccccc2)c1)N(c1ccccc1)C1CCS(=O)(=O)C1. The van der Waals surface area contributed by atoms with Crippen LogP contribution in [0.2, 0.25) is 0 Å². The third-order valence-corrected chi connectivity index (χ3v) is 6.77. The van der Waals surface area contributed by atoms with Crippen LogP contribution in [0.25, 0.3) is 0 Å². The van der Waals surface area contributed by atoms with Crippen LogP contribution < -0.4 is 14.4 Å². The monoisotopic (exact) mass is 437 g/mol. The largest absolute Gasteiger partial charge is 0.484 e. The van der Waals surface area contributed by atoms with Gasteiger partial charge in [-0.1, -0.05) is 42.5 Å². The maximum Gasteiger partial charge on any atom is 0.265 e. The summed E-state index contributed by atoms with van der Waals surface area (Å²) in [6.45, 7) is -0.208. The second kappa shape index (κ2) is 9.22. The topological polar surface area (TPSA) is 72.9 Å². The van der Waals surface area contributed by atoms with Gasteiger partial charge >= 0.3 is 0 Å². The molecule has 0 spiro atoms. The molecular formula is C24H23NO5S. The van der Waals surface area contributed by atoms with E-state index < -0.39 is 15.9 Å². The van der Waals surface area contributed by atoms with E-state index in [4.69, 9.17) is 9.47 Å². The fourth-order valence-electron chi connectivity index (χ4n) is 3.59. The van der Waals surface area contributed by atoms with Crippen LogP contribution in [0.1, 0.15) is 6.42 Å². The summed E-state index contributed by atoms with van der Waals surface area (Å²) < 4.78 is 35.5. The molecule has 0 saturated carbocycles. The van der Waals surface area contributed by atoms with E-state index in [2.05, 4.69) is 0 Å². The molecule has 0 aromatic heterocycles. The van der Waals surface area contributed by atoms with Gasteiger partial charge in [0.1, 0.15) is 17.2 Å². The van der Waals surface area contributed by atoms with Gasteiger partial charge in [-0.25, -0.2) is 8.42 Å². The van der Waals surface area contributed by atoms with Crippen molar-refractivity contribution in [1.29, 1.82) is 0 Å². The van der Waals surface area contributed by atoms with Gasteiger partial charge in [0.05, 0.1) is 17.5 Å². The Morgan fingerprint density at radius 2 is 1.52 bits per heavy atom. The van der Waals surface area contributed by atoms with Gasteiger partial charge in [0.15, 0.2) is 16.4 Å². The van der Waals surface area contributed by atoms with Gasteiger partial charge in [0.2, 0.25) is 0 Å². The number of amides is 1. The fourth-order valence-corrected chi connectivity index (χ4v) is 5.29. The molecule has 0 N–H and O–H groups in total. The highest BCUT2D eigenvalue weighted by Crippen LogP contribution is 2.27. The average molecular weight is 438 g/mol. The lowest BCUT2D eigenvalue weighted by Crippen LogP contribution is -2.43. The highest BCUT2D eigenvalue weighted by atomic mass is 32.2. The van der Waals surface area contributed by atoms with E-state index in [0.717, 1.165) is 0 Å². The zero-order valence-electron chi connectivity index (χ0n) is 16.9. The van der Waals surface area contributed by atoms with E-state index in [1.165, 1.54) is 0 Å². The molecule has 31 heavy (non-hydrogen) atoms. The van der Waals surface area contributed by atoms with E-state index in [0.29, 0.717) is 29.4 Å². The van der Waals surface area contributed by atoms with E-state index >= 15 is 0 Å². The zero-order chi connectivity index (χ0) is 21.7. The number of carbonyl (C=O) groups is 1. The number of para-hydroxylation sites is 2. The maximum absolute atomic E-state index is 13.1. The molecule has 7 heteroatoms. The first-order valence-electron chi connectivity index (χ1n) is 10.0. The van der Waals surface area contributed by atoms with Crippen molar-refractivity contribution in [1.82, 2.24) is 0 Å². The minimum atomic E-state index is -3.14. The number of hydrogen-bond acceptors (Lipinski definition) is 5. The molecule has 1 heterocycles. The summed E-state index contributed by atoms with van der Waals surface area (Å²) >= 11 is 0. The van der Waals surface area contributed by atoms with Gasteiger partial charge in [0, 0.05) is 11.8 Å². The van der Waals surface area contributed by atoms with Gasteiger partial charge in [-0.15, -0.1) is 0 Å². The van der Waals surface area contributed by atoms with E-state index in [1.54, 1.807) is 41.3 Å². The molecule has 1 aliphatic heterocycles. The number of anilines is 1. The number of ether oxygens (including phenoxy) is 2. The second-order valence-corrected chi connectivity index (χ2v) is 9.56. The molecule has 6 nitrogen and oxygen atoms in total. The molecule has 160 valence electrons. The van der Waals surface area contributed by atoms with Crippen molar-refractivity contribution in [3.05, 3.63) is 84.9 Å². The standard InChI is InChI=1S/C24H23NO5S/c26-24(25(19-8-3-1-4-9-19)20-14-15-31(27,28)18-20)17-29-22-12-7-13-23(16-22)30-21-10-5-2-6-11-21/h1-13,16,20H,14-15,17-18H2. The molecular weight excluding hydrogens is 414 g/mol. The van der Waals surface area contributed by atoms with Crippen molar-refractivity contribution in [2.45, 2.75) is 12.5 Å². The van der Waals surface area contributed by atoms with Crippen LogP contribution in [0.3, 0.4) is 0 Å². The third-order valence-electron chi connectivity index (χ3n) is 5.02. The van der Waals surface area contributed by atoms with Crippen molar-refractivity contribution in [2.24, 2.45) is 0 Å². The van der Waals surface area contributed by atoms with Crippen LogP contribution in [-0.2, 0) is 14.6 Å². The lowest BCUT2D eigenvalue weighted by Gasteiger charge is -2.28. The van der Waals surface area contributed by atoms with Crippen LogP contribution in [0.15, 0.2) is 84.9 Å². The smallest absolute Gasteiger partial charge is 0.265 e. The molecule has 1 saturated heterocycles. The van der Waals surface area contributed by atoms with Gasteiger partial charge in [-0.2, -0.15) is 0 Å². The highest BCUT2D eigenvalue weighted by molar-refractivity contribution is 7.91. The van der Waals surface area contributed by atoms with Gasteiger partial charge < -0.3 is 14.4 Å². The molecule has 1 fully saturated rings. The lowest BCUT2D eigenvalue weighted by molar-refractivity contribution is -0.121. The first kappa shape index (κ1) is 20.9. The Hall–Kier alpha value is -3.32. The number of hydrogen-bond donors (Lipinski definition) is 0. The molecule has 0 bridgehead atoms. The van der Waals surface area contributed by atoms with Crippen LogP contribution in [0.5, 0.6) is 17.2 Å². The predicted molar refractivity (Wildman–Crippen MR) is 119 cm³/mol. The second-order valence-electron chi connectivity index (χ2n) is 7.33. The Labute approximate surface area is 182 Å². The molecule has 0 radical (unpaired) electrons. The Morgan fingerprint density at radius 1 is 0.871 bits per heavy atom. The lowest BCUT2D eigenvalue weighted by atomic mass is 10.2.